The molecule has 1 unspecified atom stereocenters. The van der Waals surface area contributed by atoms with Crippen LogP contribution in [0.25, 0.3) is 0 Å². The number of ether oxygens (including phenoxy) is 1. The number of nitrogens with zero attached hydrogens (tertiary/aromatic N) is 2. The van der Waals surface area contributed by atoms with Crippen molar-refractivity contribution in [3.05, 3.63) is 29.8 Å². The van der Waals surface area contributed by atoms with Gasteiger partial charge in [-0.1, -0.05) is 19.1 Å². The van der Waals surface area contributed by atoms with Gasteiger partial charge in [0.1, 0.15) is 0 Å². The molecule has 0 aliphatic carbocycles. The second-order valence-corrected chi connectivity index (χ2v) is 5.63. The average Bonchev–Trinajstić information content (AvgIpc) is 2.55. The minimum absolute atomic E-state index is 0. The average molecular weight is 378 g/mol. The Bertz CT molecular complexity index is 502. The SMILES string of the molecule is CCOCCN1CCN(C(=O)c2ccccc2N)CC1CC.Cl.Cl. The molecule has 1 aromatic carbocycles. The molecule has 1 atom stereocenters. The number of hydrogen-bond acceptors (Lipinski definition) is 4. The lowest BCUT2D eigenvalue weighted by Gasteiger charge is -2.41. The fraction of sp³-hybridized carbons (Fsp3) is 0.588. The maximum absolute atomic E-state index is 12.7. The van der Waals surface area contributed by atoms with Crippen LogP contribution in [0.2, 0.25) is 0 Å². The molecule has 0 saturated carbocycles. The third-order valence-corrected chi connectivity index (χ3v) is 4.28. The van der Waals surface area contributed by atoms with E-state index in [2.05, 4.69) is 11.8 Å². The Morgan fingerprint density at radius 3 is 2.58 bits per heavy atom. The van der Waals surface area contributed by atoms with Crippen molar-refractivity contribution in [3.8, 4) is 0 Å². The Hall–Kier alpha value is -1.01. The van der Waals surface area contributed by atoms with Crippen LogP contribution >= 0.6 is 24.8 Å². The zero-order valence-electron chi connectivity index (χ0n) is 14.4. The molecule has 0 radical (unpaired) electrons. The number of hydrogen-bond donors (Lipinski definition) is 1. The summed E-state index contributed by atoms with van der Waals surface area (Å²) in [6, 6.07) is 7.69. The molecule has 2 N–H and O–H groups in total. The summed E-state index contributed by atoms with van der Waals surface area (Å²) < 4.78 is 5.45. The van der Waals surface area contributed by atoms with Crippen molar-refractivity contribution in [1.82, 2.24) is 9.80 Å². The number of benzene rings is 1. The largest absolute Gasteiger partial charge is 0.398 e. The van der Waals surface area contributed by atoms with Crippen LogP contribution in [0, 0.1) is 0 Å². The van der Waals surface area contributed by atoms with Gasteiger partial charge in [0, 0.05) is 44.5 Å². The van der Waals surface area contributed by atoms with Gasteiger partial charge in [0.15, 0.2) is 0 Å². The Morgan fingerprint density at radius 2 is 1.96 bits per heavy atom. The molecule has 138 valence electrons. The van der Waals surface area contributed by atoms with Crippen LogP contribution in [0.3, 0.4) is 0 Å². The summed E-state index contributed by atoms with van der Waals surface area (Å²) in [4.78, 5) is 17.0. The number of nitrogens with two attached hydrogens (primary N) is 1. The van der Waals surface area contributed by atoms with Gasteiger partial charge < -0.3 is 15.4 Å². The highest BCUT2D eigenvalue weighted by atomic mass is 35.5. The van der Waals surface area contributed by atoms with E-state index in [-0.39, 0.29) is 30.7 Å². The zero-order valence-corrected chi connectivity index (χ0v) is 16.1. The van der Waals surface area contributed by atoms with Crippen molar-refractivity contribution >= 4 is 36.4 Å². The first-order chi connectivity index (χ1) is 10.7. The van der Waals surface area contributed by atoms with Crippen LogP contribution in [0.4, 0.5) is 5.69 Å². The Kier molecular flexibility index (Phi) is 11.0. The number of carbonyl (C=O) groups is 1. The van der Waals surface area contributed by atoms with Gasteiger partial charge in [-0.3, -0.25) is 9.69 Å². The summed E-state index contributed by atoms with van der Waals surface area (Å²) in [5.41, 5.74) is 7.10. The summed E-state index contributed by atoms with van der Waals surface area (Å²) in [5, 5.41) is 0. The third-order valence-electron chi connectivity index (χ3n) is 4.28. The molecule has 0 spiro atoms. The maximum atomic E-state index is 12.7. The third kappa shape index (κ3) is 5.81. The number of nitrogen functional groups attached to an aromatic ring is 1. The molecule has 1 fully saturated rings. The van der Waals surface area contributed by atoms with Crippen LogP contribution in [0.5, 0.6) is 0 Å². The Morgan fingerprint density at radius 1 is 1.25 bits per heavy atom. The second kappa shape index (κ2) is 11.5. The number of anilines is 1. The molecule has 1 aliphatic heterocycles. The lowest BCUT2D eigenvalue weighted by Crippen LogP contribution is -2.55. The van der Waals surface area contributed by atoms with Gasteiger partial charge in [-0.2, -0.15) is 0 Å². The lowest BCUT2D eigenvalue weighted by atomic mass is 10.1. The number of piperazine rings is 1. The van der Waals surface area contributed by atoms with E-state index in [1.165, 1.54) is 0 Å². The molecule has 0 aromatic heterocycles. The fourth-order valence-electron chi connectivity index (χ4n) is 2.95. The standard InChI is InChI=1S/C17H27N3O2.2ClH/c1-3-14-13-20(10-9-19(14)11-12-22-4-2)17(21)15-7-5-6-8-16(15)18;;/h5-8,14H,3-4,9-13,18H2,1-2H3;2*1H. The topological polar surface area (TPSA) is 58.8 Å². The van der Waals surface area contributed by atoms with Gasteiger partial charge >= 0.3 is 0 Å². The van der Waals surface area contributed by atoms with E-state index < -0.39 is 0 Å². The molecule has 1 aromatic rings. The Balaban J connectivity index is 0.00000264. The first-order valence-electron chi connectivity index (χ1n) is 8.12. The maximum Gasteiger partial charge on any atom is 0.256 e. The monoisotopic (exact) mass is 377 g/mol. The smallest absolute Gasteiger partial charge is 0.256 e. The number of amides is 1. The van der Waals surface area contributed by atoms with Crippen LogP contribution in [0.15, 0.2) is 24.3 Å². The van der Waals surface area contributed by atoms with Crippen molar-refractivity contribution in [2.45, 2.75) is 26.3 Å². The molecule has 1 amide bonds. The van der Waals surface area contributed by atoms with Gasteiger partial charge in [-0.15, -0.1) is 24.8 Å². The number of para-hydroxylation sites is 1. The molecule has 24 heavy (non-hydrogen) atoms. The van der Waals surface area contributed by atoms with Crippen LogP contribution < -0.4 is 5.73 Å². The Labute approximate surface area is 157 Å². The quantitative estimate of drug-likeness (QED) is 0.611. The van der Waals surface area contributed by atoms with E-state index in [4.69, 9.17) is 10.5 Å². The van der Waals surface area contributed by atoms with Crippen LogP contribution in [-0.4, -0.2) is 61.1 Å². The molecular weight excluding hydrogens is 349 g/mol. The zero-order chi connectivity index (χ0) is 15.9. The first-order valence-corrected chi connectivity index (χ1v) is 8.12. The van der Waals surface area contributed by atoms with Crippen molar-refractivity contribution in [2.24, 2.45) is 0 Å². The molecular formula is C17H29Cl2N3O2. The molecule has 2 rings (SSSR count). The van der Waals surface area contributed by atoms with Gasteiger partial charge in [-0.05, 0) is 25.5 Å². The van der Waals surface area contributed by atoms with E-state index >= 15 is 0 Å². The van der Waals surface area contributed by atoms with E-state index in [1.54, 1.807) is 12.1 Å². The van der Waals surface area contributed by atoms with Gasteiger partial charge in [0.2, 0.25) is 0 Å². The van der Waals surface area contributed by atoms with Crippen LogP contribution in [0.1, 0.15) is 30.6 Å². The highest BCUT2D eigenvalue weighted by Gasteiger charge is 2.29. The minimum Gasteiger partial charge on any atom is -0.398 e. The molecule has 1 saturated heterocycles. The van der Waals surface area contributed by atoms with Crippen molar-refractivity contribution in [2.75, 3.05) is 45.1 Å². The summed E-state index contributed by atoms with van der Waals surface area (Å²) in [5.74, 6) is 0.0426. The van der Waals surface area contributed by atoms with E-state index in [0.717, 1.165) is 45.8 Å². The van der Waals surface area contributed by atoms with Gasteiger partial charge in [0.25, 0.3) is 5.91 Å². The van der Waals surface area contributed by atoms with Crippen LogP contribution in [-0.2, 0) is 4.74 Å². The highest BCUT2D eigenvalue weighted by molar-refractivity contribution is 5.99. The van der Waals surface area contributed by atoms with E-state index in [9.17, 15) is 4.79 Å². The predicted molar refractivity (Wildman–Crippen MR) is 103 cm³/mol. The van der Waals surface area contributed by atoms with Gasteiger partial charge in [-0.25, -0.2) is 0 Å². The number of rotatable bonds is 6. The predicted octanol–water partition coefficient (Wildman–Crippen LogP) is 2.69. The number of carbonyl (C=O) groups excluding carboxylic acids is 1. The molecule has 0 bridgehead atoms. The van der Waals surface area contributed by atoms with E-state index in [0.29, 0.717) is 17.3 Å². The van der Waals surface area contributed by atoms with Crippen molar-refractivity contribution in [3.63, 3.8) is 0 Å². The first kappa shape index (κ1) is 23.0. The van der Waals surface area contributed by atoms with E-state index in [1.807, 2.05) is 24.0 Å². The molecule has 7 heteroatoms. The summed E-state index contributed by atoms with van der Waals surface area (Å²) in [6.07, 6.45) is 1.03. The number of halogens is 2. The molecule has 1 aliphatic rings. The minimum atomic E-state index is 0. The molecule has 1 heterocycles. The van der Waals surface area contributed by atoms with Crippen molar-refractivity contribution in [1.29, 1.82) is 0 Å². The van der Waals surface area contributed by atoms with Gasteiger partial charge in [0.05, 0.1) is 12.2 Å². The van der Waals surface area contributed by atoms with Crippen molar-refractivity contribution < 1.29 is 9.53 Å². The lowest BCUT2D eigenvalue weighted by molar-refractivity contribution is 0.0341. The second-order valence-electron chi connectivity index (χ2n) is 5.63. The fourth-order valence-corrected chi connectivity index (χ4v) is 2.95. The summed E-state index contributed by atoms with van der Waals surface area (Å²) in [7, 11) is 0. The normalized spacial score (nSPS) is 17.8. The summed E-state index contributed by atoms with van der Waals surface area (Å²) in [6.45, 7) is 9.02. The summed E-state index contributed by atoms with van der Waals surface area (Å²) >= 11 is 0. The highest BCUT2D eigenvalue weighted by Crippen LogP contribution is 2.18. The molecule has 5 nitrogen and oxygen atoms in total.